The van der Waals surface area contributed by atoms with Gasteiger partial charge in [-0.05, 0) is 44.0 Å². The van der Waals surface area contributed by atoms with E-state index in [1.807, 2.05) is 0 Å². The third-order valence-electron chi connectivity index (χ3n) is 9.55. The summed E-state index contributed by atoms with van der Waals surface area (Å²) in [6.45, 7) is -0.319. The summed E-state index contributed by atoms with van der Waals surface area (Å²) in [6.07, 6.45) is -2.07. The topological polar surface area (TPSA) is 142 Å². The van der Waals surface area contributed by atoms with E-state index in [4.69, 9.17) is 15.2 Å². The van der Waals surface area contributed by atoms with Crippen molar-refractivity contribution in [3.8, 4) is 22.8 Å². The normalized spacial score (nSPS) is 20.7. The molecule has 0 radical (unpaired) electrons. The van der Waals surface area contributed by atoms with E-state index >= 15 is 0 Å². The number of aromatic nitrogens is 3. The van der Waals surface area contributed by atoms with E-state index in [9.17, 15) is 36.6 Å². The average molecular weight is 714 g/mol. The Morgan fingerprint density at radius 2 is 1.98 bits per heavy atom. The van der Waals surface area contributed by atoms with E-state index < -0.39 is 52.9 Å². The zero-order valence-corrected chi connectivity index (χ0v) is 27.1. The van der Waals surface area contributed by atoms with Gasteiger partial charge >= 0.3 is 6.18 Å². The van der Waals surface area contributed by atoms with Gasteiger partial charge in [-0.25, -0.2) is 18.4 Å². The molecule has 10 nitrogen and oxygen atoms in total. The van der Waals surface area contributed by atoms with Crippen LogP contribution in [0.5, 0.6) is 11.5 Å². The molecule has 5 aromatic rings. The molecule has 0 spiro atoms. The number of nitrogens with one attached hydrogen (secondary N) is 1. The summed E-state index contributed by atoms with van der Waals surface area (Å²) in [4.78, 5) is 30.3. The zero-order valence-electron chi connectivity index (χ0n) is 26.2. The van der Waals surface area contributed by atoms with Gasteiger partial charge in [0, 0.05) is 51.9 Å². The lowest BCUT2D eigenvalue weighted by atomic mass is 9.81. The van der Waals surface area contributed by atoms with Gasteiger partial charge in [0.25, 0.3) is 5.91 Å². The molecule has 8 rings (SSSR count). The Kier molecular flexibility index (Phi) is 7.02. The molecule has 1 unspecified atom stereocenters. The molecule has 4 heterocycles. The smallest absolute Gasteiger partial charge is 0.424 e. The Labute approximate surface area is 284 Å². The van der Waals surface area contributed by atoms with Crippen LogP contribution in [0.1, 0.15) is 54.2 Å². The van der Waals surface area contributed by atoms with Gasteiger partial charge in [-0.15, -0.1) is 11.3 Å². The lowest BCUT2D eigenvalue weighted by molar-refractivity contribution is -0.265. The fourth-order valence-corrected chi connectivity index (χ4v) is 7.02. The van der Waals surface area contributed by atoms with E-state index in [2.05, 4.69) is 15.4 Å². The van der Waals surface area contributed by atoms with Crippen molar-refractivity contribution in [3.63, 3.8) is 0 Å². The third-order valence-corrected chi connectivity index (χ3v) is 10.6. The van der Waals surface area contributed by atoms with E-state index in [0.717, 1.165) is 34.9 Å². The van der Waals surface area contributed by atoms with Gasteiger partial charge in [-0.3, -0.25) is 9.59 Å². The molecule has 4 N–H and O–H groups in total. The first kappa shape index (κ1) is 32.4. The van der Waals surface area contributed by atoms with E-state index in [1.165, 1.54) is 42.8 Å². The Morgan fingerprint density at radius 3 is 2.66 bits per heavy atom. The maximum atomic E-state index is 15.0. The summed E-state index contributed by atoms with van der Waals surface area (Å²) in [5.41, 5.74) is -0.473. The predicted molar refractivity (Wildman–Crippen MR) is 171 cm³/mol. The second kappa shape index (κ2) is 10.8. The monoisotopic (exact) mass is 713 g/mol. The van der Waals surface area contributed by atoms with Crippen LogP contribution >= 0.6 is 11.3 Å². The maximum absolute atomic E-state index is 15.0. The molecule has 3 aromatic heterocycles. The third kappa shape index (κ3) is 5.06. The minimum atomic E-state index is -5.41. The number of alkyl halides is 4. The minimum absolute atomic E-state index is 0.0362. The Hall–Kier alpha value is -4.83. The average Bonchev–Trinajstić information content (AvgIpc) is 3.88. The number of benzene rings is 2. The van der Waals surface area contributed by atoms with Crippen molar-refractivity contribution in [2.75, 3.05) is 13.2 Å². The van der Waals surface area contributed by atoms with Crippen LogP contribution in [-0.4, -0.2) is 57.1 Å². The van der Waals surface area contributed by atoms with Crippen LogP contribution in [0.25, 0.3) is 32.2 Å². The highest BCUT2D eigenvalue weighted by Gasteiger charge is 2.58. The predicted octanol–water partition coefficient (Wildman–Crippen LogP) is 5.72. The minimum Gasteiger partial charge on any atom is -0.489 e. The molecule has 260 valence electrons. The van der Waals surface area contributed by atoms with Gasteiger partial charge in [0.2, 0.25) is 17.3 Å². The van der Waals surface area contributed by atoms with Crippen LogP contribution in [-0.2, 0) is 21.6 Å². The molecule has 0 bridgehead atoms. The first-order valence-electron chi connectivity index (χ1n) is 15.7. The van der Waals surface area contributed by atoms with Gasteiger partial charge in [0.1, 0.15) is 40.5 Å². The van der Waals surface area contributed by atoms with Crippen molar-refractivity contribution < 1.29 is 46.1 Å². The highest BCUT2D eigenvalue weighted by molar-refractivity contribution is 7.17. The molecule has 2 fully saturated rings. The SMILES string of the molecule is C[C@]1(C(N)=O)COc2c1cc(C(O)(CNC(=O)c1cc(OC3CC3)c3nn(C4(F)CC4)cc3c1)C(F)(F)F)nc2-c1csc2c(F)cccc12. The van der Waals surface area contributed by atoms with Gasteiger partial charge in [-0.2, -0.15) is 18.3 Å². The molecule has 16 heteroatoms. The number of fused-ring (bicyclic) bond motifs is 3. The van der Waals surface area contributed by atoms with Gasteiger partial charge < -0.3 is 25.6 Å². The quantitative estimate of drug-likeness (QED) is 0.166. The van der Waals surface area contributed by atoms with Crippen LogP contribution in [0, 0.1) is 5.82 Å². The van der Waals surface area contributed by atoms with Crippen molar-refractivity contribution in [1.29, 1.82) is 0 Å². The number of carbonyl (C=O) groups is 2. The molecule has 2 saturated carbocycles. The molecule has 2 aliphatic carbocycles. The van der Waals surface area contributed by atoms with Crippen LogP contribution < -0.4 is 20.5 Å². The Balaban J connectivity index is 1.20. The number of rotatable bonds is 9. The second-order valence-corrected chi connectivity index (χ2v) is 14.1. The number of amides is 2. The lowest BCUT2D eigenvalue weighted by Crippen LogP contribution is -2.51. The molecule has 2 aromatic carbocycles. The first-order valence-corrected chi connectivity index (χ1v) is 16.6. The standard InChI is InChI=1S/C34H28F5N5O5S/c1-31(30(40)46)15-48-27-21(31)11-24(42-26(27)20-13-50-28-19(20)3-2-4-22(28)35)33(47,34(37,38)39)14-41-29(45)16-9-17-12-44(32(36)7-8-32)43-25(17)23(10-16)49-18-5-6-18/h2-4,9-13,18,47H,5-8,14-15H2,1H3,(H2,40,46)(H,41,45)/t31-,33?/m0/s1. The molecule has 2 amide bonds. The van der Waals surface area contributed by atoms with Crippen LogP contribution in [0.15, 0.2) is 48.0 Å². The first-order chi connectivity index (χ1) is 23.6. The maximum Gasteiger partial charge on any atom is 0.424 e. The highest BCUT2D eigenvalue weighted by Crippen LogP contribution is 2.50. The highest BCUT2D eigenvalue weighted by atomic mass is 32.1. The summed E-state index contributed by atoms with van der Waals surface area (Å²) in [5.74, 6) is -3.95. The molecule has 1 aliphatic heterocycles. The largest absolute Gasteiger partial charge is 0.489 e. The van der Waals surface area contributed by atoms with E-state index in [0.29, 0.717) is 16.3 Å². The number of pyridine rings is 1. The number of ether oxygens (including phenoxy) is 2. The summed E-state index contributed by atoms with van der Waals surface area (Å²) in [7, 11) is 0. The molecule has 0 saturated heterocycles. The second-order valence-electron chi connectivity index (χ2n) is 13.2. The summed E-state index contributed by atoms with van der Waals surface area (Å²) in [5, 5.41) is 20.1. The molecular formula is C34H28F5N5O5S. The summed E-state index contributed by atoms with van der Waals surface area (Å²) < 4.78 is 87.5. The van der Waals surface area contributed by atoms with Crippen molar-refractivity contribution in [2.24, 2.45) is 5.73 Å². The van der Waals surface area contributed by atoms with E-state index in [1.54, 1.807) is 6.07 Å². The number of carbonyl (C=O) groups excluding carboxylic acids is 2. The molecule has 3 aliphatic rings. The zero-order chi connectivity index (χ0) is 35.4. The number of aliphatic hydroxyl groups is 1. The lowest BCUT2D eigenvalue weighted by Gasteiger charge is -2.31. The van der Waals surface area contributed by atoms with Crippen LogP contribution in [0.3, 0.4) is 0 Å². The number of primary amides is 1. The van der Waals surface area contributed by atoms with Crippen molar-refractivity contribution in [2.45, 2.75) is 61.7 Å². The number of hydrogen-bond acceptors (Lipinski definition) is 8. The van der Waals surface area contributed by atoms with Gasteiger partial charge in [0.15, 0.2) is 0 Å². The summed E-state index contributed by atoms with van der Waals surface area (Å²) in [6, 6.07) is 7.80. The Bertz CT molecular complexity index is 2250. The number of halogens is 5. The molecular weight excluding hydrogens is 685 g/mol. The van der Waals surface area contributed by atoms with E-state index in [-0.39, 0.29) is 64.1 Å². The van der Waals surface area contributed by atoms with Crippen molar-refractivity contribution in [3.05, 3.63) is 70.6 Å². The van der Waals surface area contributed by atoms with Gasteiger partial charge in [0.05, 0.1) is 23.0 Å². The van der Waals surface area contributed by atoms with Crippen molar-refractivity contribution in [1.82, 2.24) is 20.1 Å². The Morgan fingerprint density at radius 1 is 1.22 bits per heavy atom. The number of nitrogens with zero attached hydrogens (tertiary/aromatic N) is 3. The number of nitrogens with two attached hydrogens (primary N) is 1. The van der Waals surface area contributed by atoms with Crippen molar-refractivity contribution >= 4 is 44.1 Å². The molecule has 50 heavy (non-hydrogen) atoms. The van der Waals surface area contributed by atoms with Gasteiger partial charge in [-0.1, -0.05) is 12.1 Å². The fraction of sp³-hybridized carbons (Fsp3) is 0.353. The molecule has 2 atom stereocenters. The number of thiophene rings is 1. The number of hydrogen-bond donors (Lipinski definition) is 3. The fourth-order valence-electron chi connectivity index (χ4n) is 6.06. The summed E-state index contributed by atoms with van der Waals surface area (Å²) >= 11 is 0.992. The van der Waals surface area contributed by atoms with Crippen LogP contribution in [0.2, 0.25) is 0 Å². The van der Waals surface area contributed by atoms with Crippen LogP contribution in [0.4, 0.5) is 22.0 Å².